The Morgan fingerprint density at radius 2 is 2.11 bits per heavy atom. The zero-order valence-electron chi connectivity index (χ0n) is 9.30. The second-order valence-electron chi connectivity index (χ2n) is 3.59. The molecule has 94 valence electrons. The van der Waals surface area contributed by atoms with Crippen LogP contribution in [0.4, 0.5) is 5.69 Å². The van der Waals surface area contributed by atoms with Gasteiger partial charge in [0.2, 0.25) is 0 Å². The molecule has 0 amide bonds. The van der Waals surface area contributed by atoms with Gasteiger partial charge in [-0.3, -0.25) is 10.1 Å². The summed E-state index contributed by atoms with van der Waals surface area (Å²) in [5.74, 6) is 1.28. The van der Waals surface area contributed by atoms with Gasteiger partial charge in [0.25, 0.3) is 5.69 Å². The number of aromatic nitrogens is 3. The average Bonchev–Trinajstić information content (AvgIpc) is 2.69. The molecule has 0 aliphatic rings. The number of nitrogens with zero attached hydrogens (tertiary/aromatic N) is 4. The normalized spacial score (nSPS) is 10.6. The van der Waals surface area contributed by atoms with Crippen LogP contribution in [-0.2, 0) is 12.9 Å². The first-order valence-electron chi connectivity index (χ1n) is 4.92. The van der Waals surface area contributed by atoms with Crippen molar-refractivity contribution >= 4 is 28.9 Å². The van der Waals surface area contributed by atoms with Gasteiger partial charge in [-0.2, -0.15) is 0 Å². The standard InChI is InChI=1S/C10H8Cl2N4O2/c1-15-9(5-11)13-14-10(15)6-2-7(12)4-8(3-6)16(17)18/h2-4H,5H2,1H3. The molecule has 1 heterocycles. The van der Waals surface area contributed by atoms with Crippen molar-refractivity contribution in [1.29, 1.82) is 0 Å². The van der Waals surface area contributed by atoms with Crippen molar-refractivity contribution in [2.45, 2.75) is 5.88 Å². The molecule has 0 radical (unpaired) electrons. The van der Waals surface area contributed by atoms with Crippen LogP contribution in [0.1, 0.15) is 5.82 Å². The summed E-state index contributed by atoms with van der Waals surface area (Å²) in [6, 6.07) is 4.27. The lowest BCUT2D eigenvalue weighted by Crippen LogP contribution is -1.98. The molecular weight excluding hydrogens is 279 g/mol. The molecule has 0 unspecified atom stereocenters. The SMILES string of the molecule is Cn1c(CCl)nnc1-c1cc(Cl)cc([N+](=O)[O-])c1. The first-order chi connectivity index (χ1) is 8.52. The smallest absolute Gasteiger partial charge is 0.271 e. The molecule has 1 aromatic heterocycles. The molecule has 0 aliphatic carbocycles. The van der Waals surface area contributed by atoms with E-state index in [1.807, 2.05) is 0 Å². The minimum atomic E-state index is -0.506. The molecular formula is C10H8Cl2N4O2. The molecule has 18 heavy (non-hydrogen) atoms. The van der Waals surface area contributed by atoms with Gasteiger partial charge in [-0.15, -0.1) is 21.8 Å². The van der Waals surface area contributed by atoms with Crippen LogP contribution >= 0.6 is 23.2 Å². The summed E-state index contributed by atoms with van der Waals surface area (Å²) in [5.41, 5.74) is 0.438. The van der Waals surface area contributed by atoms with Gasteiger partial charge in [0.15, 0.2) is 5.82 Å². The van der Waals surface area contributed by atoms with Crippen molar-refractivity contribution in [1.82, 2.24) is 14.8 Å². The first kappa shape index (κ1) is 12.8. The number of hydrogen-bond donors (Lipinski definition) is 0. The van der Waals surface area contributed by atoms with E-state index in [0.717, 1.165) is 0 Å². The van der Waals surface area contributed by atoms with E-state index in [1.165, 1.54) is 12.1 Å². The number of nitro groups is 1. The summed E-state index contributed by atoms with van der Waals surface area (Å²) in [4.78, 5) is 10.3. The van der Waals surface area contributed by atoms with Crippen LogP contribution in [0, 0.1) is 10.1 Å². The van der Waals surface area contributed by atoms with Crippen LogP contribution in [0.2, 0.25) is 5.02 Å². The van der Waals surface area contributed by atoms with E-state index in [9.17, 15) is 10.1 Å². The maximum atomic E-state index is 10.8. The molecule has 8 heteroatoms. The molecule has 6 nitrogen and oxygen atoms in total. The van der Waals surface area contributed by atoms with Crippen LogP contribution in [0.5, 0.6) is 0 Å². The molecule has 1 aromatic carbocycles. The van der Waals surface area contributed by atoms with Crippen LogP contribution in [0.3, 0.4) is 0 Å². The summed E-state index contributed by atoms with van der Waals surface area (Å²) >= 11 is 11.5. The molecule has 0 fully saturated rings. The zero-order valence-corrected chi connectivity index (χ0v) is 10.8. The largest absolute Gasteiger partial charge is 0.313 e. The van der Waals surface area contributed by atoms with Crippen LogP contribution in [0.15, 0.2) is 18.2 Å². The monoisotopic (exact) mass is 286 g/mol. The fourth-order valence-corrected chi connectivity index (χ4v) is 2.00. The predicted octanol–water partition coefficient (Wildman–Crippen LogP) is 2.78. The Morgan fingerprint density at radius 1 is 1.39 bits per heavy atom. The maximum absolute atomic E-state index is 10.8. The van der Waals surface area contributed by atoms with Crippen molar-refractivity contribution < 1.29 is 4.92 Å². The Hall–Kier alpha value is -1.66. The number of alkyl halides is 1. The molecule has 0 atom stereocenters. The molecule has 2 aromatic rings. The molecule has 0 saturated heterocycles. The van der Waals surface area contributed by atoms with Gasteiger partial charge in [-0.05, 0) is 6.07 Å². The van der Waals surface area contributed by atoms with Gasteiger partial charge in [0, 0.05) is 29.8 Å². The highest BCUT2D eigenvalue weighted by molar-refractivity contribution is 6.31. The van der Waals surface area contributed by atoms with Gasteiger partial charge < -0.3 is 4.57 Å². The van der Waals surface area contributed by atoms with Crippen molar-refractivity contribution in [3.63, 3.8) is 0 Å². The maximum Gasteiger partial charge on any atom is 0.271 e. The van der Waals surface area contributed by atoms with Gasteiger partial charge in [0.1, 0.15) is 5.82 Å². The number of halogens is 2. The third kappa shape index (κ3) is 2.30. The molecule has 0 spiro atoms. The number of rotatable bonds is 3. The first-order valence-corrected chi connectivity index (χ1v) is 5.83. The number of hydrogen-bond acceptors (Lipinski definition) is 4. The molecule has 0 aliphatic heterocycles. The number of nitro benzene ring substituents is 1. The lowest BCUT2D eigenvalue weighted by Gasteiger charge is -2.03. The summed E-state index contributed by atoms with van der Waals surface area (Å²) in [6.07, 6.45) is 0. The van der Waals surface area contributed by atoms with E-state index in [-0.39, 0.29) is 16.6 Å². The van der Waals surface area contributed by atoms with E-state index < -0.39 is 4.92 Å². The fourth-order valence-electron chi connectivity index (χ4n) is 1.54. The van der Waals surface area contributed by atoms with Crippen LogP contribution < -0.4 is 0 Å². The lowest BCUT2D eigenvalue weighted by molar-refractivity contribution is -0.384. The highest BCUT2D eigenvalue weighted by Gasteiger charge is 2.15. The van der Waals surface area contributed by atoms with Crippen LogP contribution in [0.25, 0.3) is 11.4 Å². The third-order valence-electron chi connectivity index (χ3n) is 2.44. The second kappa shape index (κ2) is 4.91. The second-order valence-corrected chi connectivity index (χ2v) is 4.29. The molecule has 0 N–H and O–H groups in total. The molecule has 0 bridgehead atoms. The Bertz CT molecular complexity index is 612. The average molecular weight is 287 g/mol. The third-order valence-corrected chi connectivity index (χ3v) is 2.89. The van der Waals surface area contributed by atoms with Gasteiger partial charge >= 0.3 is 0 Å². The van der Waals surface area contributed by atoms with Gasteiger partial charge in [-0.1, -0.05) is 11.6 Å². The van der Waals surface area contributed by atoms with Gasteiger partial charge in [-0.25, -0.2) is 0 Å². The minimum Gasteiger partial charge on any atom is -0.313 e. The quantitative estimate of drug-likeness (QED) is 0.494. The Kier molecular flexibility index (Phi) is 3.49. The summed E-state index contributed by atoms with van der Waals surface area (Å²) in [5, 5.41) is 18.9. The van der Waals surface area contributed by atoms with E-state index in [4.69, 9.17) is 23.2 Å². The van der Waals surface area contributed by atoms with Crippen molar-refractivity contribution in [2.75, 3.05) is 0 Å². The van der Waals surface area contributed by atoms with E-state index in [2.05, 4.69) is 10.2 Å². The van der Waals surface area contributed by atoms with E-state index in [0.29, 0.717) is 17.2 Å². The predicted molar refractivity (Wildman–Crippen MR) is 67.7 cm³/mol. The minimum absolute atomic E-state index is 0.0899. The fraction of sp³-hybridized carbons (Fsp3) is 0.200. The Labute approximate surface area is 112 Å². The van der Waals surface area contributed by atoms with E-state index >= 15 is 0 Å². The highest BCUT2D eigenvalue weighted by Crippen LogP contribution is 2.27. The summed E-state index contributed by atoms with van der Waals surface area (Å²) < 4.78 is 1.67. The van der Waals surface area contributed by atoms with Crippen LogP contribution in [-0.4, -0.2) is 19.7 Å². The molecule has 2 rings (SSSR count). The van der Waals surface area contributed by atoms with Crippen molar-refractivity contribution in [3.05, 3.63) is 39.2 Å². The van der Waals surface area contributed by atoms with E-state index in [1.54, 1.807) is 17.7 Å². The highest BCUT2D eigenvalue weighted by atomic mass is 35.5. The summed E-state index contributed by atoms with van der Waals surface area (Å²) in [7, 11) is 1.74. The Morgan fingerprint density at radius 3 is 2.67 bits per heavy atom. The van der Waals surface area contributed by atoms with Crippen molar-refractivity contribution in [2.24, 2.45) is 7.05 Å². The zero-order chi connectivity index (χ0) is 13.3. The number of non-ortho nitro benzene ring substituents is 1. The van der Waals surface area contributed by atoms with Gasteiger partial charge in [0.05, 0.1) is 10.8 Å². The van der Waals surface area contributed by atoms with Crippen molar-refractivity contribution in [3.8, 4) is 11.4 Å². The Balaban J connectivity index is 2.56. The molecule has 0 saturated carbocycles. The summed E-state index contributed by atoms with van der Waals surface area (Å²) in [6.45, 7) is 0. The number of benzene rings is 1. The lowest BCUT2D eigenvalue weighted by atomic mass is 10.2. The topological polar surface area (TPSA) is 73.8 Å².